The highest BCUT2D eigenvalue weighted by atomic mass is 16.2. The SMILES string of the molecule is CN(CCCc1ccccc1)C(=O)Cn1nc(-c2ccccc2)ccc1=O. The lowest BCUT2D eigenvalue weighted by atomic mass is 10.1. The highest BCUT2D eigenvalue weighted by Gasteiger charge is 2.12. The Morgan fingerprint density at radius 1 is 0.963 bits per heavy atom. The van der Waals surface area contributed by atoms with Crippen LogP contribution in [-0.2, 0) is 17.8 Å². The molecular formula is C22H23N3O2. The van der Waals surface area contributed by atoms with Crippen LogP contribution in [0.3, 0.4) is 0 Å². The molecule has 1 amide bonds. The number of aryl methyl sites for hydroxylation is 1. The van der Waals surface area contributed by atoms with E-state index in [1.165, 1.54) is 16.3 Å². The third-order valence-corrected chi connectivity index (χ3v) is 4.45. The lowest BCUT2D eigenvalue weighted by molar-refractivity contribution is -0.130. The number of amides is 1. The molecule has 0 atom stereocenters. The minimum atomic E-state index is -0.277. The molecule has 1 aromatic heterocycles. The fourth-order valence-electron chi connectivity index (χ4n) is 2.86. The zero-order valence-electron chi connectivity index (χ0n) is 15.4. The number of hydrogen-bond donors (Lipinski definition) is 0. The summed E-state index contributed by atoms with van der Waals surface area (Å²) in [7, 11) is 1.76. The molecule has 0 unspecified atom stereocenters. The Morgan fingerprint density at radius 2 is 1.63 bits per heavy atom. The predicted octanol–water partition coefficient (Wildman–Crippen LogP) is 3.00. The zero-order chi connectivity index (χ0) is 19.1. The molecule has 0 aliphatic carbocycles. The maximum atomic E-state index is 12.5. The van der Waals surface area contributed by atoms with E-state index in [1.807, 2.05) is 48.5 Å². The minimum absolute atomic E-state index is 0.0542. The second-order valence-electron chi connectivity index (χ2n) is 6.48. The minimum Gasteiger partial charge on any atom is -0.344 e. The Morgan fingerprint density at radius 3 is 2.33 bits per heavy atom. The fraction of sp³-hybridized carbons (Fsp3) is 0.227. The van der Waals surface area contributed by atoms with Crippen LogP contribution in [0.2, 0.25) is 0 Å². The summed E-state index contributed by atoms with van der Waals surface area (Å²) in [6.07, 6.45) is 1.79. The molecule has 0 aliphatic rings. The van der Waals surface area contributed by atoms with Gasteiger partial charge in [0.1, 0.15) is 6.54 Å². The third-order valence-electron chi connectivity index (χ3n) is 4.45. The molecular weight excluding hydrogens is 338 g/mol. The van der Waals surface area contributed by atoms with Crippen molar-refractivity contribution in [1.82, 2.24) is 14.7 Å². The number of nitrogens with zero attached hydrogens (tertiary/aromatic N) is 3. The molecule has 1 heterocycles. The third kappa shape index (κ3) is 5.14. The van der Waals surface area contributed by atoms with Gasteiger partial charge in [0.25, 0.3) is 5.56 Å². The number of likely N-dealkylation sites (N-methyl/N-ethyl adjacent to an activating group) is 1. The maximum absolute atomic E-state index is 12.5. The van der Waals surface area contributed by atoms with Crippen LogP contribution in [0.25, 0.3) is 11.3 Å². The molecule has 3 aromatic rings. The Balaban J connectivity index is 1.60. The van der Waals surface area contributed by atoms with E-state index in [9.17, 15) is 9.59 Å². The second kappa shape index (κ2) is 8.94. The number of carbonyl (C=O) groups is 1. The van der Waals surface area contributed by atoms with E-state index in [-0.39, 0.29) is 18.0 Å². The van der Waals surface area contributed by atoms with Crippen molar-refractivity contribution in [2.45, 2.75) is 19.4 Å². The number of carbonyl (C=O) groups excluding carboxylic acids is 1. The Hall–Kier alpha value is -3.21. The van der Waals surface area contributed by atoms with Gasteiger partial charge in [-0.1, -0.05) is 60.7 Å². The summed E-state index contributed by atoms with van der Waals surface area (Å²) in [4.78, 5) is 26.2. The summed E-state index contributed by atoms with van der Waals surface area (Å²) < 4.78 is 1.23. The van der Waals surface area contributed by atoms with Gasteiger partial charge in [-0.3, -0.25) is 9.59 Å². The van der Waals surface area contributed by atoms with E-state index in [2.05, 4.69) is 17.2 Å². The summed E-state index contributed by atoms with van der Waals surface area (Å²) in [5.74, 6) is -0.122. The average Bonchev–Trinajstić information content (AvgIpc) is 2.71. The molecule has 0 spiro atoms. The van der Waals surface area contributed by atoms with E-state index in [0.717, 1.165) is 18.4 Å². The molecule has 5 nitrogen and oxygen atoms in total. The molecule has 27 heavy (non-hydrogen) atoms. The van der Waals surface area contributed by atoms with Crippen LogP contribution < -0.4 is 5.56 Å². The first-order chi connectivity index (χ1) is 13.1. The van der Waals surface area contributed by atoms with E-state index in [1.54, 1.807) is 18.0 Å². The molecule has 0 saturated carbocycles. The summed E-state index contributed by atoms with van der Waals surface area (Å²) in [5.41, 5.74) is 2.57. The van der Waals surface area contributed by atoms with Gasteiger partial charge in [-0.05, 0) is 24.5 Å². The van der Waals surface area contributed by atoms with Gasteiger partial charge in [-0.15, -0.1) is 0 Å². The van der Waals surface area contributed by atoms with Crippen molar-refractivity contribution in [1.29, 1.82) is 0 Å². The van der Waals surface area contributed by atoms with Crippen LogP contribution in [0.4, 0.5) is 0 Å². The largest absolute Gasteiger partial charge is 0.344 e. The first-order valence-corrected chi connectivity index (χ1v) is 9.05. The van der Waals surface area contributed by atoms with Crippen LogP contribution in [0.15, 0.2) is 77.6 Å². The van der Waals surface area contributed by atoms with Crippen molar-refractivity contribution in [3.8, 4) is 11.3 Å². The van der Waals surface area contributed by atoms with Gasteiger partial charge in [0.2, 0.25) is 5.91 Å². The smallest absolute Gasteiger partial charge is 0.267 e. The van der Waals surface area contributed by atoms with Crippen LogP contribution in [-0.4, -0.2) is 34.2 Å². The number of aromatic nitrogens is 2. The molecule has 0 aliphatic heterocycles. The van der Waals surface area contributed by atoms with E-state index >= 15 is 0 Å². The predicted molar refractivity (Wildman–Crippen MR) is 106 cm³/mol. The fourth-order valence-corrected chi connectivity index (χ4v) is 2.86. The first-order valence-electron chi connectivity index (χ1n) is 9.05. The van der Waals surface area contributed by atoms with Crippen LogP contribution >= 0.6 is 0 Å². The van der Waals surface area contributed by atoms with E-state index in [4.69, 9.17) is 0 Å². The molecule has 0 radical (unpaired) electrons. The summed E-state index contributed by atoms with van der Waals surface area (Å²) in [6.45, 7) is 0.586. The van der Waals surface area contributed by atoms with Gasteiger partial charge in [-0.25, -0.2) is 4.68 Å². The van der Waals surface area contributed by atoms with Crippen molar-refractivity contribution in [2.75, 3.05) is 13.6 Å². The quantitative estimate of drug-likeness (QED) is 0.650. The topological polar surface area (TPSA) is 55.2 Å². The molecule has 3 rings (SSSR count). The monoisotopic (exact) mass is 361 g/mol. The average molecular weight is 361 g/mol. The van der Waals surface area contributed by atoms with Crippen LogP contribution in [0.1, 0.15) is 12.0 Å². The van der Waals surface area contributed by atoms with Crippen molar-refractivity contribution < 1.29 is 4.79 Å². The van der Waals surface area contributed by atoms with Gasteiger partial charge in [0.05, 0.1) is 5.69 Å². The summed E-state index contributed by atoms with van der Waals surface area (Å²) >= 11 is 0. The van der Waals surface area contributed by atoms with Gasteiger partial charge < -0.3 is 4.90 Å². The lowest BCUT2D eigenvalue weighted by Gasteiger charge is -2.17. The lowest BCUT2D eigenvalue weighted by Crippen LogP contribution is -2.35. The van der Waals surface area contributed by atoms with E-state index in [0.29, 0.717) is 12.2 Å². The first kappa shape index (κ1) is 18.6. The maximum Gasteiger partial charge on any atom is 0.267 e. The molecule has 0 saturated heterocycles. The van der Waals surface area contributed by atoms with Crippen molar-refractivity contribution in [3.05, 3.63) is 88.7 Å². The molecule has 0 bridgehead atoms. The van der Waals surface area contributed by atoms with E-state index < -0.39 is 0 Å². The molecule has 5 heteroatoms. The molecule has 0 fully saturated rings. The standard InChI is InChI=1S/C22H23N3O2/c1-24(16-8-11-18-9-4-2-5-10-18)22(27)17-25-21(26)15-14-20(23-25)19-12-6-3-7-13-19/h2-7,9-10,12-15H,8,11,16-17H2,1H3. The molecule has 138 valence electrons. The highest BCUT2D eigenvalue weighted by molar-refractivity contribution is 5.75. The van der Waals surface area contributed by atoms with Crippen molar-refractivity contribution >= 4 is 5.91 Å². The summed E-state index contributed by atoms with van der Waals surface area (Å²) in [5, 5.41) is 4.35. The summed E-state index contributed by atoms with van der Waals surface area (Å²) in [6, 6.07) is 22.9. The van der Waals surface area contributed by atoms with Gasteiger partial charge in [0.15, 0.2) is 0 Å². The molecule has 2 aromatic carbocycles. The number of benzene rings is 2. The normalized spacial score (nSPS) is 10.6. The molecule has 0 N–H and O–H groups in total. The second-order valence-corrected chi connectivity index (χ2v) is 6.48. The van der Waals surface area contributed by atoms with Crippen LogP contribution in [0, 0.1) is 0 Å². The number of hydrogen-bond acceptors (Lipinski definition) is 3. The number of rotatable bonds is 7. The Bertz CT molecular complexity index is 937. The van der Waals surface area contributed by atoms with Gasteiger partial charge >= 0.3 is 0 Å². The highest BCUT2D eigenvalue weighted by Crippen LogP contribution is 2.14. The van der Waals surface area contributed by atoms with Crippen molar-refractivity contribution in [3.63, 3.8) is 0 Å². The van der Waals surface area contributed by atoms with Crippen molar-refractivity contribution in [2.24, 2.45) is 0 Å². The van der Waals surface area contributed by atoms with Gasteiger partial charge in [-0.2, -0.15) is 5.10 Å². The Labute approximate surface area is 158 Å². The zero-order valence-corrected chi connectivity index (χ0v) is 15.4. The Kier molecular flexibility index (Phi) is 6.15. The van der Waals surface area contributed by atoms with Crippen LogP contribution in [0.5, 0.6) is 0 Å². The van der Waals surface area contributed by atoms with Gasteiger partial charge in [0, 0.05) is 25.2 Å².